The fourth-order valence-electron chi connectivity index (χ4n) is 2.75. The molecule has 0 aliphatic carbocycles. The van der Waals surface area contributed by atoms with Crippen LogP contribution >= 0.6 is 0 Å². The predicted molar refractivity (Wildman–Crippen MR) is 103 cm³/mol. The van der Waals surface area contributed by atoms with Crippen LogP contribution in [0.25, 0.3) is 22.4 Å². The largest absolute Gasteiger partial charge is 0.460 e. The standard InChI is InChI=1S/C20H16FN5O3/c1-2-28-20(27)18-24-17(23-11-14-5-3-4-10-22-14)15-16(26-29-19(15)25-18)12-6-8-13(21)9-7-12/h3-10H,2,11H2,1H3,(H,23,24,25). The second-order valence-corrected chi connectivity index (χ2v) is 6.01. The van der Waals surface area contributed by atoms with Gasteiger partial charge in [0, 0.05) is 11.8 Å². The van der Waals surface area contributed by atoms with Gasteiger partial charge in [-0.15, -0.1) is 0 Å². The average Bonchev–Trinajstić information content (AvgIpc) is 3.18. The number of carbonyl (C=O) groups excluding carboxylic acids is 1. The third kappa shape index (κ3) is 3.88. The number of aromatic nitrogens is 4. The molecular weight excluding hydrogens is 377 g/mol. The number of esters is 1. The SMILES string of the molecule is CCOC(=O)c1nc(NCc2ccccn2)c2c(-c3ccc(F)cc3)noc2n1. The smallest absolute Gasteiger partial charge is 0.376 e. The van der Waals surface area contributed by atoms with Crippen molar-refractivity contribution in [2.24, 2.45) is 0 Å². The van der Waals surface area contributed by atoms with Gasteiger partial charge in [-0.3, -0.25) is 4.98 Å². The van der Waals surface area contributed by atoms with Crippen LogP contribution in [-0.2, 0) is 11.3 Å². The quantitative estimate of drug-likeness (QED) is 0.496. The van der Waals surface area contributed by atoms with E-state index >= 15 is 0 Å². The molecule has 0 saturated carbocycles. The average molecular weight is 393 g/mol. The monoisotopic (exact) mass is 393 g/mol. The highest BCUT2D eigenvalue weighted by Crippen LogP contribution is 2.32. The Morgan fingerprint density at radius 1 is 1.17 bits per heavy atom. The van der Waals surface area contributed by atoms with E-state index in [1.54, 1.807) is 25.3 Å². The Kier molecular flexibility index (Phi) is 5.10. The number of hydrogen-bond acceptors (Lipinski definition) is 8. The highest BCUT2D eigenvalue weighted by atomic mass is 19.1. The minimum Gasteiger partial charge on any atom is -0.460 e. The number of nitrogens with one attached hydrogen (secondary N) is 1. The lowest BCUT2D eigenvalue weighted by molar-refractivity contribution is 0.0512. The number of carbonyl (C=O) groups is 1. The molecule has 1 aromatic carbocycles. The molecule has 3 heterocycles. The summed E-state index contributed by atoms with van der Waals surface area (Å²) in [5.41, 5.74) is 1.94. The number of ether oxygens (including phenoxy) is 1. The van der Waals surface area contributed by atoms with Gasteiger partial charge in [0.15, 0.2) is 0 Å². The molecule has 0 saturated heterocycles. The molecule has 0 bridgehead atoms. The maximum Gasteiger partial charge on any atom is 0.376 e. The Balaban J connectivity index is 1.80. The zero-order valence-corrected chi connectivity index (χ0v) is 15.4. The van der Waals surface area contributed by atoms with Gasteiger partial charge in [0.05, 0.1) is 18.8 Å². The van der Waals surface area contributed by atoms with Crippen molar-refractivity contribution < 1.29 is 18.4 Å². The van der Waals surface area contributed by atoms with Crippen molar-refractivity contribution in [3.8, 4) is 11.3 Å². The summed E-state index contributed by atoms with van der Waals surface area (Å²) < 4.78 is 23.6. The number of fused-ring (bicyclic) bond motifs is 1. The molecular formula is C20H16FN5O3. The number of halogens is 1. The van der Waals surface area contributed by atoms with Gasteiger partial charge in [0.2, 0.25) is 5.82 Å². The van der Waals surface area contributed by atoms with Gasteiger partial charge in [-0.25, -0.2) is 14.2 Å². The zero-order valence-electron chi connectivity index (χ0n) is 15.4. The maximum atomic E-state index is 13.3. The van der Waals surface area contributed by atoms with Crippen molar-refractivity contribution in [1.82, 2.24) is 20.1 Å². The Morgan fingerprint density at radius 3 is 2.72 bits per heavy atom. The highest BCUT2D eigenvalue weighted by molar-refractivity contribution is 5.99. The fourth-order valence-corrected chi connectivity index (χ4v) is 2.75. The Labute approximate surface area is 164 Å². The van der Waals surface area contributed by atoms with E-state index in [0.29, 0.717) is 29.0 Å². The number of benzene rings is 1. The van der Waals surface area contributed by atoms with Gasteiger partial charge < -0.3 is 14.6 Å². The molecule has 4 aromatic rings. The van der Waals surface area contributed by atoms with Crippen LogP contribution in [-0.4, -0.2) is 32.7 Å². The number of hydrogen-bond donors (Lipinski definition) is 1. The van der Waals surface area contributed by atoms with Gasteiger partial charge in [-0.1, -0.05) is 11.2 Å². The molecule has 0 atom stereocenters. The van der Waals surface area contributed by atoms with E-state index in [1.165, 1.54) is 12.1 Å². The molecule has 0 amide bonds. The van der Waals surface area contributed by atoms with Crippen LogP contribution in [0.1, 0.15) is 23.2 Å². The fraction of sp³-hybridized carbons (Fsp3) is 0.150. The second kappa shape index (κ2) is 8.01. The van der Waals surface area contributed by atoms with Gasteiger partial charge in [0.1, 0.15) is 22.7 Å². The molecule has 4 rings (SSSR count). The third-order valence-electron chi connectivity index (χ3n) is 4.07. The van der Waals surface area contributed by atoms with E-state index < -0.39 is 5.97 Å². The maximum absolute atomic E-state index is 13.3. The highest BCUT2D eigenvalue weighted by Gasteiger charge is 2.22. The second-order valence-electron chi connectivity index (χ2n) is 6.01. The molecule has 0 spiro atoms. The first-order valence-electron chi connectivity index (χ1n) is 8.90. The normalized spacial score (nSPS) is 10.8. The summed E-state index contributed by atoms with van der Waals surface area (Å²) in [6, 6.07) is 11.3. The van der Waals surface area contributed by atoms with Crippen molar-refractivity contribution >= 4 is 22.9 Å². The molecule has 0 aliphatic rings. The van der Waals surface area contributed by atoms with E-state index in [1.807, 2.05) is 18.2 Å². The number of nitrogens with zero attached hydrogens (tertiary/aromatic N) is 4. The predicted octanol–water partition coefficient (Wildman–Crippen LogP) is 3.61. The molecule has 146 valence electrons. The zero-order chi connectivity index (χ0) is 20.2. The van der Waals surface area contributed by atoms with Gasteiger partial charge in [-0.2, -0.15) is 4.98 Å². The molecule has 9 heteroatoms. The number of anilines is 1. The molecule has 0 aliphatic heterocycles. The summed E-state index contributed by atoms with van der Waals surface area (Å²) in [6.07, 6.45) is 1.68. The van der Waals surface area contributed by atoms with Gasteiger partial charge >= 0.3 is 5.97 Å². The van der Waals surface area contributed by atoms with Crippen molar-refractivity contribution in [1.29, 1.82) is 0 Å². The molecule has 8 nitrogen and oxygen atoms in total. The summed E-state index contributed by atoms with van der Waals surface area (Å²) in [6.45, 7) is 2.23. The van der Waals surface area contributed by atoms with Crippen LogP contribution in [0.5, 0.6) is 0 Å². The molecule has 3 aromatic heterocycles. The molecule has 0 fully saturated rings. The van der Waals surface area contributed by atoms with E-state index in [2.05, 4.69) is 25.4 Å². The number of pyridine rings is 1. The molecule has 29 heavy (non-hydrogen) atoms. The molecule has 0 radical (unpaired) electrons. The van der Waals surface area contributed by atoms with Crippen molar-refractivity contribution in [2.75, 3.05) is 11.9 Å². The Hall–Kier alpha value is -3.88. The van der Waals surface area contributed by atoms with Crippen LogP contribution in [0.4, 0.5) is 10.2 Å². The van der Waals surface area contributed by atoms with Crippen LogP contribution in [0.3, 0.4) is 0 Å². The van der Waals surface area contributed by atoms with Gasteiger partial charge in [0.25, 0.3) is 5.71 Å². The van der Waals surface area contributed by atoms with Crippen molar-refractivity contribution in [2.45, 2.75) is 13.5 Å². The van der Waals surface area contributed by atoms with Crippen LogP contribution in [0.2, 0.25) is 0 Å². The molecule has 0 unspecified atom stereocenters. The van der Waals surface area contributed by atoms with Gasteiger partial charge in [-0.05, 0) is 43.3 Å². The lowest BCUT2D eigenvalue weighted by Crippen LogP contribution is -2.12. The third-order valence-corrected chi connectivity index (χ3v) is 4.07. The Morgan fingerprint density at radius 2 is 2.00 bits per heavy atom. The lowest BCUT2D eigenvalue weighted by atomic mass is 10.1. The summed E-state index contributed by atoms with van der Waals surface area (Å²) >= 11 is 0. The van der Waals surface area contributed by atoms with Crippen molar-refractivity contribution in [3.05, 3.63) is 66.0 Å². The van der Waals surface area contributed by atoms with E-state index in [0.717, 1.165) is 5.69 Å². The lowest BCUT2D eigenvalue weighted by Gasteiger charge is -2.08. The van der Waals surface area contributed by atoms with E-state index in [4.69, 9.17) is 9.26 Å². The minimum atomic E-state index is -0.671. The first-order chi connectivity index (χ1) is 14.2. The van der Waals surface area contributed by atoms with E-state index in [9.17, 15) is 9.18 Å². The summed E-state index contributed by atoms with van der Waals surface area (Å²) in [7, 11) is 0. The van der Waals surface area contributed by atoms with E-state index in [-0.39, 0.29) is 24.0 Å². The van der Waals surface area contributed by atoms with Crippen molar-refractivity contribution in [3.63, 3.8) is 0 Å². The number of rotatable bonds is 6. The minimum absolute atomic E-state index is 0.117. The summed E-state index contributed by atoms with van der Waals surface area (Å²) in [4.78, 5) is 24.8. The summed E-state index contributed by atoms with van der Waals surface area (Å²) in [5, 5.41) is 7.68. The molecule has 1 N–H and O–H groups in total. The van der Waals surface area contributed by atoms with Crippen LogP contribution in [0, 0.1) is 5.82 Å². The topological polar surface area (TPSA) is 103 Å². The Bertz CT molecular complexity index is 1150. The summed E-state index contributed by atoms with van der Waals surface area (Å²) in [5.74, 6) is -0.847. The first-order valence-corrected chi connectivity index (χ1v) is 8.90. The first kappa shape index (κ1) is 18.5. The van der Waals surface area contributed by atoms with Crippen LogP contribution in [0.15, 0.2) is 53.2 Å². The van der Waals surface area contributed by atoms with Crippen LogP contribution < -0.4 is 5.32 Å².